The molecule has 2 heterocycles. The molecule has 8 nitrogen and oxygen atoms in total. The zero-order valence-corrected chi connectivity index (χ0v) is 18.9. The van der Waals surface area contributed by atoms with Crippen molar-refractivity contribution in [1.29, 1.82) is 0 Å². The monoisotopic (exact) mass is 475 g/mol. The molecule has 4 N–H and O–H groups in total. The largest absolute Gasteiger partial charge is 0.508 e. The van der Waals surface area contributed by atoms with Gasteiger partial charge in [-0.1, -0.05) is 18.9 Å². The van der Waals surface area contributed by atoms with Gasteiger partial charge in [-0.15, -0.1) is 0 Å². The van der Waals surface area contributed by atoms with Crippen LogP contribution >= 0.6 is 0 Å². The molecular weight excluding hydrogens is 450 g/mol. The number of benzene rings is 3. The molecule has 0 bridgehead atoms. The highest BCUT2D eigenvalue weighted by Crippen LogP contribution is 2.57. The van der Waals surface area contributed by atoms with Gasteiger partial charge in [0.05, 0.1) is 5.56 Å². The number of unbranched alkanes of at least 4 members (excludes halogenated alkanes) is 3. The molecule has 3 aromatic rings. The molecule has 180 valence electrons. The zero-order valence-electron chi connectivity index (χ0n) is 18.9. The summed E-state index contributed by atoms with van der Waals surface area (Å²) >= 11 is 0. The number of rotatable bonds is 7. The second-order valence-electron chi connectivity index (χ2n) is 8.69. The van der Waals surface area contributed by atoms with Gasteiger partial charge in [0, 0.05) is 47.5 Å². The van der Waals surface area contributed by atoms with Crippen molar-refractivity contribution in [3.05, 3.63) is 82.4 Å². The highest BCUT2D eigenvalue weighted by Gasteiger charge is 2.53. The first kappa shape index (κ1) is 22.7. The molecule has 0 saturated carbocycles. The van der Waals surface area contributed by atoms with Gasteiger partial charge in [0.1, 0.15) is 23.0 Å². The maximum absolute atomic E-state index is 13.1. The van der Waals surface area contributed by atoms with Gasteiger partial charge in [0.15, 0.2) is 5.60 Å². The first-order chi connectivity index (χ1) is 16.9. The van der Waals surface area contributed by atoms with Crippen LogP contribution in [0.3, 0.4) is 0 Å². The molecule has 35 heavy (non-hydrogen) atoms. The van der Waals surface area contributed by atoms with Crippen LogP contribution in [0.5, 0.6) is 23.0 Å². The molecule has 0 unspecified atom stereocenters. The smallest absolute Gasteiger partial charge is 0.340 e. The maximum atomic E-state index is 13.1. The third kappa shape index (κ3) is 3.85. The number of phenolic OH excluding ortho intramolecular Hbond substituents is 2. The Morgan fingerprint density at radius 2 is 1.46 bits per heavy atom. The Kier molecular flexibility index (Phi) is 5.82. The van der Waals surface area contributed by atoms with Crippen molar-refractivity contribution < 1.29 is 34.4 Å². The van der Waals surface area contributed by atoms with Crippen LogP contribution in [0.2, 0.25) is 0 Å². The molecular formula is C27H25NO7. The lowest BCUT2D eigenvalue weighted by Gasteiger charge is -2.36. The predicted molar refractivity (Wildman–Crippen MR) is 126 cm³/mol. The molecule has 1 spiro atoms. The quantitative estimate of drug-likeness (QED) is 0.301. The standard InChI is InChI=1S/C27H25NO7/c29-12-4-2-1-3-11-28-25(32)16-5-8-20-19(13-16)26(33)35-27(20)21-9-6-17(30)14-23(21)34-24-15-18(31)7-10-22(24)27/h5-10,13-15,29-31H,1-4,11-12H2,(H,28,32). The lowest BCUT2D eigenvalue weighted by atomic mass is 9.77. The highest BCUT2D eigenvalue weighted by atomic mass is 16.6. The van der Waals surface area contributed by atoms with Gasteiger partial charge in [-0.3, -0.25) is 4.79 Å². The number of phenols is 2. The van der Waals surface area contributed by atoms with E-state index in [1.54, 1.807) is 24.3 Å². The van der Waals surface area contributed by atoms with E-state index in [1.807, 2.05) is 0 Å². The number of esters is 1. The van der Waals surface area contributed by atoms with Crippen LogP contribution in [-0.4, -0.2) is 40.3 Å². The first-order valence-corrected chi connectivity index (χ1v) is 11.6. The van der Waals surface area contributed by atoms with Crippen LogP contribution in [0.1, 0.15) is 63.1 Å². The van der Waals surface area contributed by atoms with Crippen molar-refractivity contribution in [3.8, 4) is 23.0 Å². The molecule has 0 atom stereocenters. The summed E-state index contributed by atoms with van der Waals surface area (Å²) in [4.78, 5) is 25.8. The van der Waals surface area contributed by atoms with Crippen molar-refractivity contribution in [2.75, 3.05) is 13.2 Å². The van der Waals surface area contributed by atoms with E-state index < -0.39 is 11.6 Å². The number of hydrogen-bond donors (Lipinski definition) is 4. The summed E-state index contributed by atoms with van der Waals surface area (Å²) in [6, 6.07) is 14.0. The number of aliphatic hydroxyl groups excluding tert-OH is 1. The molecule has 8 heteroatoms. The summed E-state index contributed by atoms with van der Waals surface area (Å²) in [5, 5.41) is 31.7. The second kappa shape index (κ2) is 8.96. The van der Waals surface area contributed by atoms with Crippen molar-refractivity contribution in [3.63, 3.8) is 0 Å². The van der Waals surface area contributed by atoms with E-state index in [0.29, 0.717) is 40.3 Å². The number of aliphatic hydroxyl groups is 1. The van der Waals surface area contributed by atoms with Crippen LogP contribution in [0.15, 0.2) is 54.6 Å². The fourth-order valence-corrected chi connectivity index (χ4v) is 4.74. The third-order valence-corrected chi connectivity index (χ3v) is 6.41. The molecule has 3 aromatic carbocycles. The van der Waals surface area contributed by atoms with E-state index in [0.717, 1.165) is 25.7 Å². The molecule has 0 aromatic heterocycles. The van der Waals surface area contributed by atoms with Gasteiger partial charge in [0.25, 0.3) is 5.91 Å². The Hall–Kier alpha value is -4.04. The van der Waals surface area contributed by atoms with Crippen LogP contribution in [0.25, 0.3) is 0 Å². The molecule has 1 amide bonds. The fourth-order valence-electron chi connectivity index (χ4n) is 4.74. The minimum absolute atomic E-state index is 0.0181. The number of carbonyl (C=O) groups excluding carboxylic acids is 2. The Bertz CT molecular complexity index is 1270. The van der Waals surface area contributed by atoms with E-state index in [9.17, 15) is 19.8 Å². The number of nitrogens with one attached hydrogen (secondary N) is 1. The molecule has 2 aliphatic rings. The SMILES string of the molecule is O=C(NCCCCCCO)c1ccc2c(c1)C(=O)OC21c2ccc(O)cc2Oc2cc(O)ccc21. The normalized spacial score (nSPS) is 14.5. The van der Waals surface area contributed by atoms with Gasteiger partial charge in [-0.2, -0.15) is 0 Å². The predicted octanol–water partition coefficient (Wildman–Crippen LogP) is 3.95. The maximum Gasteiger partial charge on any atom is 0.340 e. The molecule has 2 aliphatic heterocycles. The number of fused-ring (bicyclic) bond motifs is 6. The van der Waals surface area contributed by atoms with Gasteiger partial charge < -0.3 is 30.1 Å². The van der Waals surface area contributed by atoms with Gasteiger partial charge in [0.2, 0.25) is 0 Å². The summed E-state index contributed by atoms with van der Waals surface area (Å²) in [7, 11) is 0. The Balaban J connectivity index is 1.51. The van der Waals surface area contributed by atoms with Crippen LogP contribution < -0.4 is 10.1 Å². The van der Waals surface area contributed by atoms with E-state index >= 15 is 0 Å². The van der Waals surface area contributed by atoms with Crippen LogP contribution in [0.4, 0.5) is 0 Å². The Labute approximate surface area is 201 Å². The Morgan fingerprint density at radius 1 is 0.829 bits per heavy atom. The van der Waals surface area contributed by atoms with Crippen molar-refractivity contribution in [2.24, 2.45) is 0 Å². The van der Waals surface area contributed by atoms with Crippen molar-refractivity contribution in [2.45, 2.75) is 31.3 Å². The van der Waals surface area contributed by atoms with Crippen molar-refractivity contribution in [1.82, 2.24) is 5.32 Å². The van der Waals surface area contributed by atoms with Gasteiger partial charge >= 0.3 is 5.97 Å². The fraction of sp³-hybridized carbons (Fsp3) is 0.259. The number of amides is 1. The van der Waals surface area contributed by atoms with E-state index in [2.05, 4.69) is 5.32 Å². The average molecular weight is 475 g/mol. The zero-order chi connectivity index (χ0) is 24.6. The number of hydrogen-bond acceptors (Lipinski definition) is 7. The second-order valence-corrected chi connectivity index (χ2v) is 8.69. The average Bonchev–Trinajstić information content (AvgIpc) is 3.13. The minimum atomic E-state index is -1.35. The number of carbonyl (C=O) groups is 2. The Morgan fingerprint density at radius 3 is 2.11 bits per heavy atom. The molecule has 0 saturated heterocycles. The lowest BCUT2D eigenvalue weighted by Crippen LogP contribution is -2.33. The van der Waals surface area contributed by atoms with Crippen LogP contribution in [0, 0.1) is 0 Å². The lowest BCUT2D eigenvalue weighted by molar-refractivity contribution is 0.0224. The minimum Gasteiger partial charge on any atom is -0.508 e. The van der Waals surface area contributed by atoms with E-state index in [1.165, 1.54) is 30.3 Å². The molecule has 0 aliphatic carbocycles. The summed E-state index contributed by atoms with van der Waals surface area (Å²) in [5.74, 6) is -0.311. The highest BCUT2D eigenvalue weighted by molar-refractivity contribution is 6.01. The summed E-state index contributed by atoms with van der Waals surface area (Å²) in [6.07, 6.45) is 3.36. The molecule has 0 fully saturated rings. The van der Waals surface area contributed by atoms with E-state index in [4.69, 9.17) is 14.6 Å². The van der Waals surface area contributed by atoms with Crippen LogP contribution in [-0.2, 0) is 10.3 Å². The number of ether oxygens (including phenoxy) is 2. The molecule has 0 radical (unpaired) electrons. The summed E-state index contributed by atoms with van der Waals surface area (Å²) in [5.41, 5.74) is 0.863. The van der Waals surface area contributed by atoms with Gasteiger partial charge in [-0.25, -0.2) is 4.79 Å². The number of aromatic hydroxyl groups is 2. The van der Waals surface area contributed by atoms with Crippen molar-refractivity contribution >= 4 is 11.9 Å². The topological polar surface area (TPSA) is 125 Å². The first-order valence-electron chi connectivity index (χ1n) is 11.6. The van der Waals surface area contributed by atoms with E-state index in [-0.39, 0.29) is 29.6 Å². The molecule has 5 rings (SSSR count). The third-order valence-electron chi connectivity index (χ3n) is 6.41. The summed E-state index contributed by atoms with van der Waals surface area (Å²) < 4.78 is 12.0. The van der Waals surface area contributed by atoms with Gasteiger partial charge in [-0.05, 0) is 49.2 Å². The summed E-state index contributed by atoms with van der Waals surface area (Å²) in [6.45, 7) is 0.670.